The molecule has 1 fully saturated rings. The minimum Gasteiger partial charge on any atom is -0.350 e. The van der Waals surface area contributed by atoms with Crippen LogP contribution in [0.25, 0.3) is 10.9 Å². The average molecular weight is 590 g/mol. The Morgan fingerprint density at radius 2 is 1.79 bits per heavy atom. The largest absolute Gasteiger partial charge is 0.350 e. The molecule has 1 aromatic heterocycles. The van der Waals surface area contributed by atoms with Gasteiger partial charge in [0.25, 0.3) is 5.91 Å². The van der Waals surface area contributed by atoms with E-state index in [4.69, 9.17) is 11.6 Å². The number of aromatic nitrogens is 2. The van der Waals surface area contributed by atoms with Gasteiger partial charge in [-0.25, -0.2) is 4.39 Å². The third-order valence-electron chi connectivity index (χ3n) is 7.15. The predicted molar refractivity (Wildman–Crippen MR) is 155 cm³/mol. The summed E-state index contributed by atoms with van der Waals surface area (Å²) in [6.45, 7) is 1.03. The molecule has 9 nitrogen and oxygen atoms in total. The summed E-state index contributed by atoms with van der Waals surface area (Å²) in [6.07, 6.45) is 1.64. The van der Waals surface area contributed by atoms with Crippen LogP contribution >= 0.6 is 11.6 Å². The van der Waals surface area contributed by atoms with Gasteiger partial charge in [-0.05, 0) is 36.6 Å². The van der Waals surface area contributed by atoms with Crippen LogP contribution in [-0.2, 0) is 22.6 Å². The van der Waals surface area contributed by atoms with Crippen LogP contribution in [0.5, 0.6) is 0 Å². The van der Waals surface area contributed by atoms with Gasteiger partial charge in [0, 0.05) is 36.9 Å². The third kappa shape index (κ3) is 6.49. The summed E-state index contributed by atoms with van der Waals surface area (Å²) in [5.41, 5.74) is 1.91. The maximum atomic E-state index is 14.3. The summed E-state index contributed by atoms with van der Waals surface area (Å²) in [4.78, 5) is 54.2. The summed E-state index contributed by atoms with van der Waals surface area (Å²) in [7, 11) is 0. The maximum Gasteiger partial charge on any atom is 0.252 e. The van der Waals surface area contributed by atoms with E-state index in [1.807, 2.05) is 30.3 Å². The summed E-state index contributed by atoms with van der Waals surface area (Å²) in [5, 5.41) is 12.7. The number of hydrogen-bond acceptors (Lipinski definition) is 5. The summed E-state index contributed by atoms with van der Waals surface area (Å²) < 4.78 is 14.3. The minimum absolute atomic E-state index is 0.0439. The van der Waals surface area contributed by atoms with Crippen molar-refractivity contribution in [3.63, 3.8) is 0 Å². The normalized spacial score (nSPS) is 13.4. The van der Waals surface area contributed by atoms with Crippen LogP contribution in [0.4, 0.5) is 4.39 Å². The van der Waals surface area contributed by atoms with Crippen molar-refractivity contribution in [1.29, 1.82) is 0 Å². The molecule has 1 heterocycles. The van der Waals surface area contributed by atoms with Gasteiger partial charge < -0.3 is 15.5 Å². The molecule has 4 aromatic rings. The van der Waals surface area contributed by atoms with Crippen LogP contribution in [0, 0.1) is 5.82 Å². The molecule has 42 heavy (non-hydrogen) atoms. The van der Waals surface area contributed by atoms with E-state index < -0.39 is 29.6 Å². The van der Waals surface area contributed by atoms with Crippen LogP contribution in [0.3, 0.4) is 0 Å². The number of halogens is 2. The maximum absolute atomic E-state index is 14.3. The fourth-order valence-electron chi connectivity index (χ4n) is 4.87. The lowest BCUT2D eigenvalue weighted by Gasteiger charge is -2.28. The molecule has 1 aliphatic carbocycles. The number of carbonyl (C=O) groups is 4. The van der Waals surface area contributed by atoms with Crippen LogP contribution < -0.4 is 10.6 Å². The van der Waals surface area contributed by atoms with Crippen LogP contribution in [-0.4, -0.2) is 57.2 Å². The smallest absolute Gasteiger partial charge is 0.252 e. The number of nitrogens with zero attached hydrogens (tertiary/aromatic N) is 2. The van der Waals surface area contributed by atoms with Gasteiger partial charge >= 0.3 is 0 Å². The molecule has 1 unspecified atom stereocenters. The molecule has 0 saturated heterocycles. The van der Waals surface area contributed by atoms with Gasteiger partial charge in [-0.2, -0.15) is 5.10 Å². The number of nitrogens with one attached hydrogen (secondary N) is 3. The Labute approximate surface area is 246 Å². The second-order valence-corrected chi connectivity index (χ2v) is 10.7. The number of Topliss-reactive ketones (excluding diaryl/α,β-unsaturated/α-hetero) is 1. The van der Waals surface area contributed by atoms with Gasteiger partial charge in [0.2, 0.25) is 11.8 Å². The first-order valence-corrected chi connectivity index (χ1v) is 13.9. The van der Waals surface area contributed by atoms with Crippen molar-refractivity contribution in [3.05, 3.63) is 100.0 Å². The van der Waals surface area contributed by atoms with Crippen LogP contribution in [0.1, 0.15) is 51.7 Å². The number of fused-ring (bicyclic) bond motifs is 1. The zero-order chi connectivity index (χ0) is 29.8. The molecule has 1 aliphatic rings. The monoisotopic (exact) mass is 589 g/mol. The highest BCUT2D eigenvalue weighted by molar-refractivity contribution is 6.30. The molecule has 0 bridgehead atoms. The highest BCUT2D eigenvalue weighted by Crippen LogP contribution is 2.28. The van der Waals surface area contributed by atoms with E-state index in [-0.39, 0.29) is 53.2 Å². The fourth-order valence-corrected chi connectivity index (χ4v) is 5.06. The predicted octanol–water partition coefficient (Wildman–Crippen LogP) is 4.21. The van der Waals surface area contributed by atoms with E-state index in [1.54, 1.807) is 24.3 Å². The molecule has 216 valence electrons. The SMILES string of the molecule is CC(=O)c1n[nH]c2cccc(C(=O)NC(Cc3ccccc3)C(=O)N(CC(=O)NCc3cccc(Cl)c3F)C3CC3)c12. The van der Waals surface area contributed by atoms with Gasteiger partial charge in [-0.1, -0.05) is 60.1 Å². The zero-order valence-corrected chi connectivity index (χ0v) is 23.6. The van der Waals surface area contributed by atoms with Crippen molar-refractivity contribution >= 4 is 46.0 Å². The molecular weight excluding hydrogens is 561 g/mol. The molecule has 3 N–H and O–H groups in total. The molecule has 3 amide bonds. The Kier molecular flexibility index (Phi) is 8.63. The lowest BCUT2D eigenvalue weighted by molar-refractivity contribution is -0.138. The Morgan fingerprint density at radius 3 is 2.50 bits per heavy atom. The number of H-pyrrole nitrogens is 1. The second kappa shape index (κ2) is 12.5. The molecule has 0 spiro atoms. The third-order valence-corrected chi connectivity index (χ3v) is 7.44. The first-order chi connectivity index (χ1) is 20.2. The van der Waals surface area contributed by atoms with E-state index in [9.17, 15) is 23.6 Å². The van der Waals surface area contributed by atoms with E-state index >= 15 is 0 Å². The van der Waals surface area contributed by atoms with E-state index in [2.05, 4.69) is 20.8 Å². The number of benzene rings is 3. The lowest BCUT2D eigenvalue weighted by atomic mass is 10.0. The Balaban J connectivity index is 1.37. The fraction of sp³-hybridized carbons (Fsp3) is 0.258. The van der Waals surface area contributed by atoms with Gasteiger partial charge in [0.15, 0.2) is 5.78 Å². The average Bonchev–Trinajstić information content (AvgIpc) is 3.73. The van der Waals surface area contributed by atoms with E-state index in [0.29, 0.717) is 10.9 Å². The number of aromatic amines is 1. The Morgan fingerprint density at radius 1 is 1.05 bits per heavy atom. The highest BCUT2D eigenvalue weighted by atomic mass is 35.5. The van der Waals surface area contributed by atoms with E-state index in [0.717, 1.165) is 18.4 Å². The quantitative estimate of drug-likeness (QED) is 0.226. The van der Waals surface area contributed by atoms with Gasteiger partial charge in [0.05, 0.1) is 22.6 Å². The number of hydrogen-bond donors (Lipinski definition) is 3. The zero-order valence-electron chi connectivity index (χ0n) is 22.8. The Hall–Kier alpha value is -4.57. The number of rotatable bonds is 11. The van der Waals surface area contributed by atoms with Gasteiger partial charge in [0.1, 0.15) is 17.6 Å². The lowest BCUT2D eigenvalue weighted by Crippen LogP contribution is -2.52. The second-order valence-electron chi connectivity index (χ2n) is 10.3. The molecule has 11 heteroatoms. The first kappa shape index (κ1) is 28.9. The molecule has 0 radical (unpaired) electrons. The van der Waals surface area contributed by atoms with Crippen molar-refractivity contribution in [3.8, 4) is 0 Å². The van der Waals surface area contributed by atoms with Crippen LogP contribution in [0.15, 0.2) is 66.7 Å². The summed E-state index contributed by atoms with van der Waals surface area (Å²) in [5.74, 6) is -2.34. The van der Waals surface area contributed by atoms with Crippen molar-refractivity contribution < 1.29 is 23.6 Å². The summed E-state index contributed by atoms with van der Waals surface area (Å²) >= 11 is 5.84. The van der Waals surface area contributed by atoms with E-state index in [1.165, 1.54) is 24.0 Å². The summed E-state index contributed by atoms with van der Waals surface area (Å²) in [6, 6.07) is 17.6. The van der Waals surface area contributed by atoms with Crippen molar-refractivity contribution in [2.75, 3.05) is 6.54 Å². The van der Waals surface area contributed by atoms with Crippen molar-refractivity contribution in [2.45, 2.75) is 44.8 Å². The topological polar surface area (TPSA) is 124 Å². The standard InChI is InChI=1S/C31H29ClFN5O4/c1-18(39)29-27-22(10-6-12-24(27)36-37-29)30(41)35-25(15-19-7-3-2-4-8-19)31(42)38(21-13-14-21)17-26(40)34-16-20-9-5-11-23(32)28(20)33/h2-12,21,25H,13-17H2,1H3,(H,34,40)(H,35,41)(H,36,37). The number of amides is 3. The van der Waals surface area contributed by atoms with Crippen LogP contribution in [0.2, 0.25) is 5.02 Å². The number of ketones is 1. The number of carbonyl (C=O) groups excluding carboxylic acids is 4. The van der Waals surface area contributed by atoms with Gasteiger partial charge in [-0.3, -0.25) is 24.3 Å². The first-order valence-electron chi connectivity index (χ1n) is 13.6. The molecule has 5 rings (SSSR count). The molecular formula is C31H29ClFN5O4. The minimum atomic E-state index is -0.999. The highest BCUT2D eigenvalue weighted by Gasteiger charge is 2.38. The van der Waals surface area contributed by atoms with Gasteiger partial charge in [-0.15, -0.1) is 0 Å². The van der Waals surface area contributed by atoms with Crippen molar-refractivity contribution in [1.82, 2.24) is 25.7 Å². The molecule has 3 aromatic carbocycles. The molecule has 1 saturated carbocycles. The molecule has 1 atom stereocenters. The van der Waals surface area contributed by atoms with Crippen molar-refractivity contribution in [2.24, 2.45) is 0 Å². The molecule has 0 aliphatic heterocycles. The Bertz CT molecular complexity index is 1650.